The lowest BCUT2D eigenvalue weighted by Gasteiger charge is -2.32. The van der Waals surface area contributed by atoms with Crippen molar-refractivity contribution in [2.45, 2.75) is 122 Å². The van der Waals surface area contributed by atoms with Gasteiger partial charge in [-0.15, -0.1) is 0 Å². The fraction of sp³-hybridized carbons (Fsp3) is 0.742. The first kappa shape index (κ1) is 34.2. The molecule has 40 heavy (non-hydrogen) atoms. The van der Waals surface area contributed by atoms with Gasteiger partial charge < -0.3 is 34.3 Å². The molecule has 2 heterocycles. The van der Waals surface area contributed by atoms with Crippen molar-refractivity contribution in [2.75, 3.05) is 7.11 Å². The summed E-state index contributed by atoms with van der Waals surface area (Å²) in [7, 11) is 1.69. The number of carbonyl (C=O) groups excluding carboxylic acids is 2. The van der Waals surface area contributed by atoms with Crippen molar-refractivity contribution < 1.29 is 43.9 Å². The molecule has 0 saturated carbocycles. The molecule has 1 saturated heterocycles. The second kappa shape index (κ2) is 15.3. The number of rotatable bonds is 10. The average molecular weight is 567 g/mol. The number of aliphatic hydroxyl groups excluding tert-OH is 2. The van der Waals surface area contributed by atoms with E-state index in [1.165, 1.54) is 6.92 Å². The molecule has 9 nitrogen and oxygen atoms in total. The van der Waals surface area contributed by atoms with Crippen LogP contribution in [0, 0.1) is 17.8 Å². The van der Waals surface area contributed by atoms with Crippen LogP contribution in [0.25, 0.3) is 0 Å². The summed E-state index contributed by atoms with van der Waals surface area (Å²) >= 11 is 0. The van der Waals surface area contributed by atoms with E-state index < -0.39 is 42.0 Å². The second-order valence-electron chi connectivity index (χ2n) is 11.7. The standard InChI is InChI=1S/C31H50O9/c1-9-24(37-8)21(5)29-30(40-29)27(35)18(2)11-10-12-19(3)28-20(4)13-14-25(38-22(6)32)31(7,36)16-15-23(33)17-26(34)39-28/h10-14,18,20-21,23-25,27-30,33,35-36H,9,15-17H2,1-8H3/b11-10+,14-13+,19-12+/t18-,20+,21+,23-,24-,25+,27+,28-,29-,30-,31-/m1/s1. The first-order valence-electron chi connectivity index (χ1n) is 14.4. The minimum absolute atomic E-state index is 0.0387. The lowest BCUT2D eigenvalue weighted by molar-refractivity contribution is -0.157. The number of allylic oxidation sites excluding steroid dienone is 2. The summed E-state index contributed by atoms with van der Waals surface area (Å²) in [6.07, 6.45) is 6.42. The molecule has 9 heteroatoms. The summed E-state index contributed by atoms with van der Waals surface area (Å²) in [6.45, 7) is 12.6. The highest BCUT2D eigenvalue weighted by Crippen LogP contribution is 2.37. The van der Waals surface area contributed by atoms with Gasteiger partial charge in [-0.3, -0.25) is 9.59 Å². The van der Waals surface area contributed by atoms with Crippen molar-refractivity contribution in [1.29, 1.82) is 0 Å². The van der Waals surface area contributed by atoms with Crippen LogP contribution in [-0.4, -0.2) is 82.7 Å². The molecule has 0 unspecified atom stereocenters. The van der Waals surface area contributed by atoms with Crippen LogP contribution < -0.4 is 0 Å². The summed E-state index contributed by atoms with van der Waals surface area (Å²) in [5.41, 5.74) is -0.666. The monoisotopic (exact) mass is 566 g/mol. The predicted octanol–water partition coefficient (Wildman–Crippen LogP) is 3.65. The van der Waals surface area contributed by atoms with Gasteiger partial charge in [0, 0.05) is 31.8 Å². The number of esters is 2. The smallest absolute Gasteiger partial charge is 0.309 e. The Morgan fingerprint density at radius 1 is 1.25 bits per heavy atom. The maximum atomic E-state index is 12.6. The summed E-state index contributed by atoms with van der Waals surface area (Å²) in [5.74, 6) is -1.39. The number of hydrogen-bond acceptors (Lipinski definition) is 9. The molecule has 0 bridgehead atoms. The molecule has 0 amide bonds. The summed E-state index contributed by atoms with van der Waals surface area (Å²) in [4.78, 5) is 24.3. The maximum absolute atomic E-state index is 12.6. The van der Waals surface area contributed by atoms with Crippen LogP contribution in [0.1, 0.15) is 74.1 Å². The van der Waals surface area contributed by atoms with Crippen molar-refractivity contribution in [2.24, 2.45) is 17.8 Å². The molecule has 2 rings (SSSR count). The molecule has 0 spiro atoms. The van der Waals surface area contributed by atoms with Gasteiger partial charge in [-0.25, -0.2) is 0 Å². The van der Waals surface area contributed by atoms with Gasteiger partial charge in [0.15, 0.2) is 0 Å². The molecule has 0 aromatic heterocycles. The molecular formula is C31H50O9. The number of carbonyl (C=O) groups is 2. The fourth-order valence-corrected chi connectivity index (χ4v) is 5.32. The van der Waals surface area contributed by atoms with Gasteiger partial charge in [-0.2, -0.15) is 0 Å². The van der Waals surface area contributed by atoms with Crippen molar-refractivity contribution in [3.8, 4) is 0 Å². The van der Waals surface area contributed by atoms with Crippen LogP contribution in [0.4, 0.5) is 0 Å². The lowest BCUT2D eigenvalue weighted by Crippen LogP contribution is -2.42. The van der Waals surface area contributed by atoms with E-state index in [1.807, 2.05) is 39.0 Å². The van der Waals surface area contributed by atoms with E-state index in [4.69, 9.17) is 18.9 Å². The van der Waals surface area contributed by atoms with Crippen LogP contribution in [0.2, 0.25) is 0 Å². The third kappa shape index (κ3) is 9.80. The Morgan fingerprint density at radius 3 is 2.52 bits per heavy atom. The van der Waals surface area contributed by atoms with Gasteiger partial charge in [-0.1, -0.05) is 52.0 Å². The van der Waals surface area contributed by atoms with E-state index in [1.54, 1.807) is 26.2 Å². The van der Waals surface area contributed by atoms with Crippen LogP contribution in [0.15, 0.2) is 36.0 Å². The molecule has 0 aromatic carbocycles. The quantitative estimate of drug-likeness (QED) is 0.157. The van der Waals surface area contributed by atoms with Gasteiger partial charge in [0.1, 0.15) is 23.9 Å². The molecule has 11 atom stereocenters. The molecule has 2 aliphatic heterocycles. The highest BCUT2D eigenvalue weighted by Gasteiger charge is 2.50. The molecule has 0 aliphatic carbocycles. The van der Waals surface area contributed by atoms with Crippen molar-refractivity contribution in [3.63, 3.8) is 0 Å². The van der Waals surface area contributed by atoms with E-state index in [9.17, 15) is 24.9 Å². The number of ether oxygens (including phenoxy) is 4. The zero-order chi connectivity index (χ0) is 30.2. The first-order valence-corrected chi connectivity index (χ1v) is 14.4. The summed E-state index contributed by atoms with van der Waals surface area (Å²) in [6, 6.07) is 0. The van der Waals surface area contributed by atoms with Crippen LogP contribution >= 0.6 is 0 Å². The minimum Gasteiger partial charge on any atom is -0.457 e. The molecule has 0 aromatic rings. The summed E-state index contributed by atoms with van der Waals surface area (Å²) in [5, 5.41) is 32.2. The van der Waals surface area contributed by atoms with Crippen LogP contribution in [0.3, 0.4) is 0 Å². The Hall–Kier alpha value is -2.04. The molecule has 3 N–H and O–H groups in total. The Morgan fingerprint density at radius 2 is 1.93 bits per heavy atom. The fourth-order valence-electron chi connectivity index (χ4n) is 5.32. The minimum atomic E-state index is -1.42. The number of epoxide rings is 1. The Labute approximate surface area is 239 Å². The number of aliphatic hydroxyl groups is 3. The lowest BCUT2D eigenvalue weighted by atomic mass is 9.88. The SMILES string of the molecule is CC[C@@H](OC)[C@H](C)[C@H]1O[C@@H]1[C@@H](O)[C@H](C)/C=C/C=C(\C)[C@H]1OC(=O)C[C@H](O)CC[C@@](C)(O)[C@@H](OC(C)=O)/C=C/[C@@H]1C. The zero-order valence-electron chi connectivity index (χ0n) is 25.3. The van der Waals surface area contributed by atoms with E-state index >= 15 is 0 Å². The van der Waals surface area contributed by atoms with Gasteiger partial charge in [-0.05, 0) is 44.8 Å². The Kier molecular flexibility index (Phi) is 13.0. The first-order chi connectivity index (χ1) is 18.7. The van der Waals surface area contributed by atoms with Crippen molar-refractivity contribution in [1.82, 2.24) is 0 Å². The van der Waals surface area contributed by atoms with Gasteiger partial charge >= 0.3 is 11.9 Å². The molecule has 1 fully saturated rings. The number of cyclic esters (lactones) is 1. The Bertz CT molecular complexity index is 920. The number of methoxy groups -OCH3 is 1. The topological polar surface area (TPSA) is 135 Å². The normalized spacial score (nSPS) is 36.0. The van der Waals surface area contributed by atoms with E-state index in [-0.39, 0.29) is 55.3 Å². The van der Waals surface area contributed by atoms with Gasteiger partial charge in [0.2, 0.25) is 0 Å². The van der Waals surface area contributed by atoms with Crippen LogP contribution in [-0.2, 0) is 28.5 Å². The maximum Gasteiger partial charge on any atom is 0.309 e. The van der Waals surface area contributed by atoms with Crippen molar-refractivity contribution in [3.05, 3.63) is 36.0 Å². The van der Waals surface area contributed by atoms with Crippen LogP contribution in [0.5, 0.6) is 0 Å². The van der Waals surface area contributed by atoms with E-state index in [2.05, 4.69) is 13.8 Å². The average Bonchev–Trinajstić information content (AvgIpc) is 3.68. The largest absolute Gasteiger partial charge is 0.457 e. The molecule has 2 aliphatic rings. The highest BCUT2D eigenvalue weighted by atomic mass is 16.6. The van der Waals surface area contributed by atoms with E-state index in [0.717, 1.165) is 12.0 Å². The second-order valence-corrected chi connectivity index (χ2v) is 11.7. The summed E-state index contributed by atoms with van der Waals surface area (Å²) < 4.78 is 22.5. The van der Waals surface area contributed by atoms with Crippen molar-refractivity contribution >= 4 is 11.9 Å². The van der Waals surface area contributed by atoms with E-state index in [0.29, 0.717) is 0 Å². The molecule has 228 valence electrons. The predicted molar refractivity (Wildman–Crippen MR) is 151 cm³/mol. The molecule has 0 radical (unpaired) electrons. The third-order valence-corrected chi connectivity index (χ3v) is 8.09. The number of hydrogen-bond donors (Lipinski definition) is 3. The third-order valence-electron chi connectivity index (χ3n) is 8.09. The zero-order valence-corrected chi connectivity index (χ0v) is 25.3. The highest BCUT2D eigenvalue weighted by molar-refractivity contribution is 5.70. The van der Waals surface area contributed by atoms with Gasteiger partial charge in [0.25, 0.3) is 0 Å². The Balaban J connectivity index is 2.16. The molecular weight excluding hydrogens is 516 g/mol. The van der Waals surface area contributed by atoms with Gasteiger partial charge in [0.05, 0.1) is 30.8 Å².